The van der Waals surface area contributed by atoms with Crippen molar-refractivity contribution in [3.63, 3.8) is 0 Å². The zero-order chi connectivity index (χ0) is 10.6. The van der Waals surface area contributed by atoms with Gasteiger partial charge in [0.15, 0.2) is 0 Å². The molecule has 1 atom stereocenters. The predicted molar refractivity (Wildman–Crippen MR) is 61.2 cm³/mol. The molecule has 1 N–H and O–H groups in total. The van der Waals surface area contributed by atoms with Gasteiger partial charge in [-0.2, -0.15) is 0 Å². The summed E-state index contributed by atoms with van der Waals surface area (Å²) in [6.07, 6.45) is 10.3. The monoisotopic (exact) mass is 196 g/mol. The maximum absolute atomic E-state index is 9.95. The molecular formula is C13H24O. The van der Waals surface area contributed by atoms with Crippen LogP contribution in [-0.4, -0.2) is 11.2 Å². The molecule has 1 aliphatic carbocycles. The summed E-state index contributed by atoms with van der Waals surface area (Å²) in [4.78, 5) is 0. The number of hydrogen-bond acceptors (Lipinski definition) is 1. The van der Waals surface area contributed by atoms with Crippen LogP contribution in [0.4, 0.5) is 0 Å². The third-order valence-electron chi connectivity index (χ3n) is 2.93. The average Bonchev–Trinajstić information content (AvgIpc) is 2.14. The van der Waals surface area contributed by atoms with E-state index in [-0.39, 0.29) is 11.5 Å². The molecule has 1 saturated carbocycles. The molecule has 0 amide bonds. The summed E-state index contributed by atoms with van der Waals surface area (Å²) in [6, 6.07) is 0. The Hall–Kier alpha value is -0.300. The molecule has 1 heteroatoms. The van der Waals surface area contributed by atoms with Crippen LogP contribution in [0, 0.1) is 11.3 Å². The van der Waals surface area contributed by atoms with E-state index >= 15 is 0 Å². The molecular weight excluding hydrogens is 172 g/mol. The Bertz CT molecular complexity index is 182. The minimum Gasteiger partial charge on any atom is -0.389 e. The lowest BCUT2D eigenvalue weighted by Gasteiger charge is -2.25. The van der Waals surface area contributed by atoms with Gasteiger partial charge in [0.25, 0.3) is 0 Å². The largest absolute Gasteiger partial charge is 0.389 e. The van der Waals surface area contributed by atoms with E-state index in [0.717, 1.165) is 0 Å². The summed E-state index contributed by atoms with van der Waals surface area (Å²) in [6.45, 7) is 6.49. The number of allylic oxidation sites excluding steroid dienone is 1. The highest BCUT2D eigenvalue weighted by Crippen LogP contribution is 2.27. The first-order valence-corrected chi connectivity index (χ1v) is 5.86. The molecule has 0 unspecified atom stereocenters. The van der Waals surface area contributed by atoms with Crippen molar-refractivity contribution in [2.75, 3.05) is 0 Å². The van der Waals surface area contributed by atoms with Gasteiger partial charge in [-0.3, -0.25) is 0 Å². The second kappa shape index (κ2) is 4.97. The van der Waals surface area contributed by atoms with E-state index < -0.39 is 0 Å². The predicted octanol–water partition coefficient (Wildman–Crippen LogP) is 3.53. The van der Waals surface area contributed by atoms with Crippen molar-refractivity contribution >= 4 is 0 Å². The Morgan fingerprint density at radius 3 is 2.21 bits per heavy atom. The zero-order valence-electron chi connectivity index (χ0n) is 9.79. The SMILES string of the molecule is CC(C)(C)C=C[C@H](O)C1CCCCC1. The van der Waals surface area contributed by atoms with Gasteiger partial charge in [-0.1, -0.05) is 52.2 Å². The molecule has 1 rings (SSSR count). The highest BCUT2D eigenvalue weighted by atomic mass is 16.3. The summed E-state index contributed by atoms with van der Waals surface area (Å²) in [5.41, 5.74) is 0.190. The van der Waals surface area contributed by atoms with E-state index in [1.807, 2.05) is 6.08 Å². The van der Waals surface area contributed by atoms with Crippen molar-refractivity contribution in [3.8, 4) is 0 Å². The topological polar surface area (TPSA) is 20.2 Å². The molecule has 0 bridgehead atoms. The van der Waals surface area contributed by atoms with Crippen LogP contribution in [0.15, 0.2) is 12.2 Å². The van der Waals surface area contributed by atoms with Gasteiger partial charge in [0, 0.05) is 0 Å². The van der Waals surface area contributed by atoms with E-state index in [1.54, 1.807) is 0 Å². The molecule has 1 nitrogen and oxygen atoms in total. The van der Waals surface area contributed by atoms with Gasteiger partial charge in [-0.05, 0) is 24.2 Å². The van der Waals surface area contributed by atoms with Gasteiger partial charge in [-0.15, -0.1) is 0 Å². The molecule has 1 fully saturated rings. The quantitative estimate of drug-likeness (QED) is 0.670. The summed E-state index contributed by atoms with van der Waals surface area (Å²) < 4.78 is 0. The third kappa shape index (κ3) is 4.28. The van der Waals surface area contributed by atoms with Crippen LogP contribution in [0.25, 0.3) is 0 Å². The number of hydrogen-bond donors (Lipinski definition) is 1. The number of aliphatic hydroxyl groups excluding tert-OH is 1. The van der Waals surface area contributed by atoms with Gasteiger partial charge in [0.2, 0.25) is 0 Å². The number of rotatable bonds is 2. The fourth-order valence-corrected chi connectivity index (χ4v) is 2.02. The highest BCUT2D eigenvalue weighted by molar-refractivity contribution is 4.98. The average molecular weight is 196 g/mol. The van der Waals surface area contributed by atoms with Crippen molar-refractivity contribution in [2.45, 2.75) is 59.0 Å². The van der Waals surface area contributed by atoms with Crippen molar-refractivity contribution in [3.05, 3.63) is 12.2 Å². The smallest absolute Gasteiger partial charge is 0.0749 e. The van der Waals surface area contributed by atoms with E-state index in [9.17, 15) is 5.11 Å². The molecule has 0 aromatic carbocycles. The van der Waals surface area contributed by atoms with Crippen molar-refractivity contribution < 1.29 is 5.11 Å². The second-order valence-electron chi connectivity index (χ2n) is 5.61. The van der Waals surface area contributed by atoms with Gasteiger partial charge in [-0.25, -0.2) is 0 Å². The van der Waals surface area contributed by atoms with Crippen LogP contribution < -0.4 is 0 Å². The summed E-state index contributed by atoms with van der Waals surface area (Å²) >= 11 is 0. The minimum absolute atomic E-state index is 0.190. The Labute approximate surface area is 88.2 Å². The maximum Gasteiger partial charge on any atom is 0.0749 e. The Morgan fingerprint density at radius 2 is 1.71 bits per heavy atom. The molecule has 0 saturated heterocycles. The van der Waals surface area contributed by atoms with E-state index in [4.69, 9.17) is 0 Å². The van der Waals surface area contributed by atoms with Crippen molar-refractivity contribution in [1.29, 1.82) is 0 Å². The molecule has 0 aromatic heterocycles. The van der Waals surface area contributed by atoms with Crippen LogP contribution in [-0.2, 0) is 0 Å². The van der Waals surface area contributed by atoms with Gasteiger partial charge in [0.1, 0.15) is 0 Å². The molecule has 0 aliphatic heterocycles. The first-order valence-electron chi connectivity index (χ1n) is 5.86. The second-order valence-corrected chi connectivity index (χ2v) is 5.61. The summed E-state index contributed by atoms with van der Waals surface area (Å²) in [5.74, 6) is 0.516. The maximum atomic E-state index is 9.95. The van der Waals surface area contributed by atoms with E-state index in [0.29, 0.717) is 5.92 Å². The van der Waals surface area contributed by atoms with Gasteiger partial charge >= 0.3 is 0 Å². The fourth-order valence-electron chi connectivity index (χ4n) is 2.02. The Balaban J connectivity index is 2.40. The van der Waals surface area contributed by atoms with Crippen molar-refractivity contribution in [1.82, 2.24) is 0 Å². The third-order valence-corrected chi connectivity index (χ3v) is 2.93. The standard InChI is InChI=1S/C13H24O/c1-13(2,3)10-9-12(14)11-7-5-4-6-8-11/h9-12,14H,4-8H2,1-3H3/t12-/m0/s1. The lowest BCUT2D eigenvalue weighted by atomic mass is 9.84. The Kier molecular flexibility index (Phi) is 4.18. The van der Waals surface area contributed by atoms with E-state index in [2.05, 4.69) is 26.8 Å². The lowest BCUT2D eigenvalue weighted by Crippen LogP contribution is -2.21. The van der Waals surface area contributed by atoms with Crippen LogP contribution in [0.1, 0.15) is 52.9 Å². The molecule has 0 spiro atoms. The minimum atomic E-state index is -0.213. The first-order chi connectivity index (χ1) is 6.49. The van der Waals surface area contributed by atoms with Crippen LogP contribution in [0.5, 0.6) is 0 Å². The highest BCUT2D eigenvalue weighted by Gasteiger charge is 2.19. The van der Waals surface area contributed by atoms with Gasteiger partial charge < -0.3 is 5.11 Å². The Morgan fingerprint density at radius 1 is 1.14 bits per heavy atom. The van der Waals surface area contributed by atoms with E-state index in [1.165, 1.54) is 32.1 Å². The molecule has 1 aliphatic rings. The molecule has 0 radical (unpaired) electrons. The summed E-state index contributed by atoms with van der Waals surface area (Å²) in [5, 5.41) is 9.95. The van der Waals surface area contributed by atoms with Crippen molar-refractivity contribution in [2.24, 2.45) is 11.3 Å². The fraction of sp³-hybridized carbons (Fsp3) is 0.846. The number of aliphatic hydroxyl groups is 1. The van der Waals surface area contributed by atoms with Crippen LogP contribution in [0.3, 0.4) is 0 Å². The summed E-state index contributed by atoms with van der Waals surface area (Å²) in [7, 11) is 0. The van der Waals surface area contributed by atoms with Crippen LogP contribution in [0.2, 0.25) is 0 Å². The molecule has 0 aromatic rings. The van der Waals surface area contributed by atoms with Gasteiger partial charge in [0.05, 0.1) is 6.10 Å². The molecule has 82 valence electrons. The molecule has 0 heterocycles. The zero-order valence-corrected chi connectivity index (χ0v) is 9.79. The first kappa shape index (κ1) is 11.8. The normalized spacial score (nSPS) is 22.9. The lowest BCUT2D eigenvalue weighted by molar-refractivity contribution is 0.124. The van der Waals surface area contributed by atoms with Crippen LogP contribution >= 0.6 is 0 Å². The molecule has 14 heavy (non-hydrogen) atoms.